The number of ether oxygens (including phenoxy) is 2. The molecule has 104 valence electrons. The first kappa shape index (κ1) is 14.0. The van der Waals surface area contributed by atoms with Crippen LogP contribution < -0.4 is 5.73 Å². The molecule has 5 heteroatoms. The first-order valence-electron chi connectivity index (χ1n) is 6.42. The quantitative estimate of drug-likeness (QED) is 0.863. The second kappa shape index (κ2) is 6.65. The van der Waals surface area contributed by atoms with Gasteiger partial charge >= 0.3 is 0 Å². The van der Waals surface area contributed by atoms with Crippen LogP contribution in [0.15, 0.2) is 30.3 Å². The Bertz CT molecular complexity index is 408. The van der Waals surface area contributed by atoms with E-state index in [1.807, 2.05) is 30.3 Å². The van der Waals surface area contributed by atoms with Crippen LogP contribution in [0.3, 0.4) is 0 Å². The molecule has 2 N–H and O–H groups in total. The fourth-order valence-corrected chi connectivity index (χ4v) is 2.21. The molecule has 1 aliphatic heterocycles. The minimum absolute atomic E-state index is 0.0596. The lowest BCUT2D eigenvalue weighted by Crippen LogP contribution is -2.49. The number of amides is 1. The van der Waals surface area contributed by atoms with Crippen molar-refractivity contribution in [1.82, 2.24) is 4.90 Å². The van der Waals surface area contributed by atoms with Gasteiger partial charge in [-0.1, -0.05) is 30.3 Å². The van der Waals surface area contributed by atoms with Gasteiger partial charge in [-0.05, 0) is 5.56 Å². The monoisotopic (exact) mass is 264 g/mol. The number of hydrogen-bond acceptors (Lipinski definition) is 4. The maximum Gasteiger partial charge on any atom is 0.244 e. The number of benzene rings is 1. The van der Waals surface area contributed by atoms with E-state index >= 15 is 0 Å². The Labute approximate surface area is 113 Å². The minimum Gasteiger partial charge on any atom is -0.382 e. The molecule has 0 unspecified atom stereocenters. The van der Waals surface area contributed by atoms with Crippen LogP contribution in [-0.2, 0) is 14.3 Å². The summed E-state index contributed by atoms with van der Waals surface area (Å²) in [7, 11) is 1.62. The molecule has 0 spiro atoms. The Kier molecular flexibility index (Phi) is 4.90. The van der Waals surface area contributed by atoms with Crippen LogP contribution in [0, 0.1) is 0 Å². The van der Waals surface area contributed by atoms with E-state index < -0.39 is 6.04 Å². The highest BCUT2D eigenvalue weighted by molar-refractivity contribution is 5.83. The molecule has 19 heavy (non-hydrogen) atoms. The van der Waals surface area contributed by atoms with E-state index in [1.165, 1.54) is 0 Å². The van der Waals surface area contributed by atoms with Gasteiger partial charge in [0.1, 0.15) is 6.04 Å². The second-order valence-corrected chi connectivity index (χ2v) is 4.62. The molecule has 1 aromatic carbocycles. The van der Waals surface area contributed by atoms with Gasteiger partial charge < -0.3 is 20.1 Å². The summed E-state index contributed by atoms with van der Waals surface area (Å²) in [5.74, 6) is -0.0596. The zero-order chi connectivity index (χ0) is 13.7. The molecule has 1 fully saturated rings. The van der Waals surface area contributed by atoms with E-state index in [9.17, 15) is 4.79 Å². The van der Waals surface area contributed by atoms with Gasteiger partial charge in [0.25, 0.3) is 0 Å². The fraction of sp³-hybridized carbons (Fsp3) is 0.500. The Morgan fingerprint density at radius 2 is 2.26 bits per heavy atom. The van der Waals surface area contributed by atoms with Gasteiger partial charge in [0.05, 0.1) is 19.3 Å². The van der Waals surface area contributed by atoms with Gasteiger partial charge in [-0.15, -0.1) is 0 Å². The first-order chi connectivity index (χ1) is 9.22. The van der Waals surface area contributed by atoms with E-state index in [-0.39, 0.29) is 12.0 Å². The molecule has 2 rings (SSSR count). The van der Waals surface area contributed by atoms with Crippen molar-refractivity contribution in [2.24, 2.45) is 5.73 Å². The first-order valence-corrected chi connectivity index (χ1v) is 6.42. The molecule has 5 nitrogen and oxygen atoms in total. The smallest absolute Gasteiger partial charge is 0.244 e. The van der Waals surface area contributed by atoms with E-state index in [1.54, 1.807) is 12.0 Å². The second-order valence-electron chi connectivity index (χ2n) is 4.62. The topological polar surface area (TPSA) is 64.8 Å². The molecule has 1 heterocycles. The van der Waals surface area contributed by atoms with Crippen molar-refractivity contribution in [2.45, 2.75) is 12.1 Å². The zero-order valence-corrected chi connectivity index (χ0v) is 11.1. The number of hydrogen-bond donors (Lipinski definition) is 1. The third-order valence-electron chi connectivity index (χ3n) is 3.23. The predicted octanol–water partition coefficient (Wildman–Crippen LogP) is 0.560. The third kappa shape index (κ3) is 3.53. The Hall–Kier alpha value is -1.43. The molecule has 1 aliphatic rings. The standard InChI is InChI=1S/C14H20N2O3/c1-18-10-12-9-16(7-8-19-12)14(17)13(15)11-5-3-2-4-6-11/h2-6,12-13H,7-10,15H2,1H3/t12-,13+/m1/s1. The van der Waals surface area contributed by atoms with Crippen LogP contribution in [0.1, 0.15) is 11.6 Å². The zero-order valence-electron chi connectivity index (χ0n) is 11.1. The molecule has 1 aromatic rings. The predicted molar refractivity (Wildman–Crippen MR) is 71.6 cm³/mol. The molecule has 2 atom stereocenters. The summed E-state index contributed by atoms with van der Waals surface area (Å²) in [5, 5.41) is 0. The van der Waals surface area contributed by atoms with Crippen LogP contribution >= 0.6 is 0 Å². The number of carbonyl (C=O) groups is 1. The Morgan fingerprint density at radius 1 is 1.53 bits per heavy atom. The van der Waals surface area contributed by atoms with Crippen molar-refractivity contribution < 1.29 is 14.3 Å². The van der Waals surface area contributed by atoms with Gasteiger partial charge in [0, 0.05) is 20.2 Å². The van der Waals surface area contributed by atoms with Crippen molar-refractivity contribution >= 4 is 5.91 Å². The molecule has 1 saturated heterocycles. The number of methoxy groups -OCH3 is 1. The molecule has 0 aliphatic carbocycles. The van der Waals surface area contributed by atoms with Gasteiger partial charge in [0.15, 0.2) is 0 Å². The van der Waals surface area contributed by atoms with Crippen LogP contribution in [0.2, 0.25) is 0 Å². The SMILES string of the molecule is COC[C@H]1CN(C(=O)[C@@H](N)c2ccccc2)CCO1. The van der Waals surface area contributed by atoms with Crippen molar-refractivity contribution in [3.05, 3.63) is 35.9 Å². The molecule has 0 saturated carbocycles. The third-order valence-corrected chi connectivity index (χ3v) is 3.23. The van der Waals surface area contributed by atoms with E-state index in [0.717, 1.165) is 5.56 Å². The summed E-state index contributed by atoms with van der Waals surface area (Å²) in [6, 6.07) is 8.81. The molecular weight excluding hydrogens is 244 g/mol. The summed E-state index contributed by atoms with van der Waals surface area (Å²) in [6.45, 7) is 2.14. The fourth-order valence-electron chi connectivity index (χ4n) is 2.21. The van der Waals surface area contributed by atoms with Gasteiger partial charge in [-0.2, -0.15) is 0 Å². The Balaban J connectivity index is 1.99. The minimum atomic E-state index is -0.609. The van der Waals surface area contributed by atoms with E-state index in [0.29, 0.717) is 26.3 Å². The van der Waals surface area contributed by atoms with E-state index in [4.69, 9.17) is 15.2 Å². The summed E-state index contributed by atoms with van der Waals surface area (Å²) in [5.41, 5.74) is 6.86. The van der Waals surface area contributed by atoms with Crippen molar-refractivity contribution in [3.8, 4) is 0 Å². The average Bonchev–Trinajstić information content (AvgIpc) is 2.47. The number of nitrogens with two attached hydrogens (primary N) is 1. The molecular formula is C14H20N2O3. The van der Waals surface area contributed by atoms with E-state index in [2.05, 4.69) is 0 Å². The highest BCUT2D eigenvalue weighted by Crippen LogP contribution is 2.15. The van der Waals surface area contributed by atoms with Gasteiger partial charge in [-0.3, -0.25) is 4.79 Å². The summed E-state index contributed by atoms with van der Waals surface area (Å²) in [4.78, 5) is 14.1. The highest BCUT2D eigenvalue weighted by atomic mass is 16.5. The summed E-state index contributed by atoms with van der Waals surface area (Å²) in [6.07, 6.45) is -0.0642. The van der Waals surface area contributed by atoms with Crippen molar-refractivity contribution in [3.63, 3.8) is 0 Å². The molecule has 0 radical (unpaired) electrons. The van der Waals surface area contributed by atoms with Crippen LogP contribution in [-0.4, -0.2) is 50.3 Å². The maximum absolute atomic E-state index is 12.4. The lowest BCUT2D eigenvalue weighted by Gasteiger charge is -2.34. The molecule has 1 amide bonds. The van der Waals surface area contributed by atoms with Crippen molar-refractivity contribution in [1.29, 1.82) is 0 Å². The van der Waals surface area contributed by atoms with Gasteiger partial charge in [0.2, 0.25) is 5.91 Å². The van der Waals surface area contributed by atoms with Crippen LogP contribution in [0.4, 0.5) is 0 Å². The Morgan fingerprint density at radius 3 is 2.95 bits per heavy atom. The number of rotatable bonds is 4. The highest BCUT2D eigenvalue weighted by Gasteiger charge is 2.28. The number of morpholine rings is 1. The number of carbonyl (C=O) groups excluding carboxylic acids is 1. The lowest BCUT2D eigenvalue weighted by atomic mass is 10.1. The molecule has 0 aromatic heterocycles. The summed E-state index contributed by atoms with van der Waals surface area (Å²) >= 11 is 0. The largest absolute Gasteiger partial charge is 0.382 e. The lowest BCUT2D eigenvalue weighted by molar-refractivity contribution is -0.142. The molecule has 0 bridgehead atoms. The van der Waals surface area contributed by atoms with Gasteiger partial charge in [-0.25, -0.2) is 0 Å². The normalized spacial score (nSPS) is 21.2. The summed E-state index contributed by atoms with van der Waals surface area (Å²) < 4.78 is 10.6. The average molecular weight is 264 g/mol. The van der Waals surface area contributed by atoms with Crippen molar-refractivity contribution in [2.75, 3.05) is 33.4 Å². The van der Waals surface area contributed by atoms with Crippen LogP contribution in [0.25, 0.3) is 0 Å². The maximum atomic E-state index is 12.4. The number of nitrogens with zero attached hydrogens (tertiary/aromatic N) is 1. The van der Waals surface area contributed by atoms with Crippen LogP contribution in [0.5, 0.6) is 0 Å².